The van der Waals surface area contributed by atoms with Gasteiger partial charge in [-0.2, -0.15) is 0 Å². The first-order valence-electron chi connectivity index (χ1n) is 6.21. The van der Waals surface area contributed by atoms with E-state index < -0.39 is 0 Å². The van der Waals surface area contributed by atoms with Gasteiger partial charge in [-0.15, -0.1) is 0 Å². The number of unbranched alkanes of at least 4 members (excludes halogenated alkanes) is 1. The monoisotopic (exact) mass is 215 g/mol. The summed E-state index contributed by atoms with van der Waals surface area (Å²) in [5.41, 5.74) is 5.54. The van der Waals surface area contributed by atoms with Crippen molar-refractivity contribution in [3.8, 4) is 0 Å². The maximum Gasteiger partial charge on any atom is 0.0815 e. The Bertz CT molecular complexity index is 164. The fourth-order valence-electron chi connectivity index (χ4n) is 2.09. The van der Waals surface area contributed by atoms with E-state index in [-0.39, 0.29) is 0 Å². The van der Waals surface area contributed by atoms with Crippen LogP contribution in [0.4, 0.5) is 0 Å². The Morgan fingerprint density at radius 2 is 2.27 bits per heavy atom. The van der Waals surface area contributed by atoms with Gasteiger partial charge in [0.1, 0.15) is 0 Å². The minimum absolute atomic E-state index is 0.299. The van der Waals surface area contributed by atoms with Gasteiger partial charge in [-0.1, -0.05) is 20.3 Å². The lowest BCUT2D eigenvalue weighted by Gasteiger charge is -2.14. The quantitative estimate of drug-likeness (QED) is 0.660. The molecule has 2 N–H and O–H groups in total. The maximum atomic E-state index is 5.89. The molecule has 1 heterocycles. The Morgan fingerprint density at radius 1 is 1.47 bits per heavy atom. The molecule has 1 aliphatic rings. The van der Waals surface area contributed by atoms with Gasteiger partial charge in [0.05, 0.1) is 18.8 Å². The van der Waals surface area contributed by atoms with E-state index in [0.29, 0.717) is 18.1 Å². The van der Waals surface area contributed by atoms with Gasteiger partial charge in [0.2, 0.25) is 0 Å². The Kier molecular flexibility index (Phi) is 6.22. The van der Waals surface area contributed by atoms with Crippen molar-refractivity contribution >= 4 is 0 Å². The zero-order valence-corrected chi connectivity index (χ0v) is 10.1. The number of ether oxygens (including phenoxy) is 2. The Hall–Kier alpha value is -0.120. The van der Waals surface area contributed by atoms with Crippen molar-refractivity contribution in [2.75, 3.05) is 19.8 Å². The second-order valence-corrected chi connectivity index (χ2v) is 4.52. The van der Waals surface area contributed by atoms with Crippen LogP contribution >= 0.6 is 0 Å². The predicted octanol–water partition coefficient (Wildman–Crippen LogP) is 1.95. The lowest BCUT2D eigenvalue weighted by molar-refractivity contribution is -0.0203. The summed E-state index contributed by atoms with van der Waals surface area (Å²) in [7, 11) is 0. The average molecular weight is 215 g/mol. The van der Waals surface area contributed by atoms with Crippen LogP contribution in [0.2, 0.25) is 0 Å². The van der Waals surface area contributed by atoms with Crippen LogP contribution in [0.15, 0.2) is 0 Å². The summed E-state index contributed by atoms with van der Waals surface area (Å²) in [6, 6.07) is 0. The Morgan fingerprint density at radius 3 is 2.93 bits per heavy atom. The first-order valence-corrected chi connectivity index (χ1v) is 6.21. The molecule has 1 unspecified atom stereocenters. The molecular weight excluding hydrogens is 190 g/mol. The van der Waals surface area contributed by atoms with Gasteiger partial charge in [0.15, 0.2) is 0 Å². The van der Waals surface area contributed by atoms with Gasteiger partial charge in [0, 0.05) is 6.61 Å². The van der Waals surface area contributed by atoms with Crippen molar-refractivity contribution in [1.29, 1.82) is 0 Å². The second-order valence-electron chi connectivity index (χ2n) is 4.52. The number of nitrogens with two attached hydrogens (primary N) is 1. The van der Waals surface area contributed by atoms with Crippen LogP contribution < -0.4 is 5.73 Å². The van der Waals surface area contributed by atoms with E-state index in [1.807, 2.05) is 0 Å². The SMILES string of the molecule is CCCCOC[C@@H]1C[C@H](C)C(CCN)O1. The summed E-state index contributed by atoms with van der Waals surface area (Å²) in [5.74, 6) is 0.633. The molecule has 0 radical (unpaired) electrons. The highest BCUT2D eigenvalue weighted by Gasteiger charge is 2.31. The summed E-state index contributed by atoms with van der Waals surface area (Å²) >= 11 is 0. The van der Waals surface area contributed by atoms with E-state index in [1.165, 1.54) is 6.42 Å². The zero-order valence-electron chi connectivity index (χ0n) is 10.1. The standard InChI is InChI=1S/C12H25NO2/c1-3-4-7-14-9-11-8-10(2)12(15-11)5-6-13/h10-12H,3-9,13H2,1-2H3/t10-,11-,12?/m0/s1. The van der Waals surface area contributed by atoms with Gasteiger partial charge in [-0.05, 0) is 31.7 Å². The fraction of sp³-hybridized carbons (Fsp3) is 1.00. The molecule has 0 aliphatic carbocycles. The topological polar surface area (TPSA) is 44.5 Å². The molecule has 1 fully saturated rings. The molecule has 1 aliphatic heterocycles. The van der Waals surface area contributed by atoms with E-state index in [4.69, 9.17) is 15.2 Å². The minimum Gasteiger partial charge on any atom is -0.379 e. The second kappa shape index (κ2) is 7.20. The molecule has 0 saturated carbocycles. The largest absolute Gasteiger partial charge is 0.379 e. The van der Waals surface area contributed by atoms with E-state index in [0.717, 1.165) is 39.0 Å². The van der Waals surface area contributed by atoms with Gasteiger partial charge in [-0.25, -0.2) is 0 Å². The van der Waals surface area contributed by atoms with Crippen molar-refractivity contribution in [1.82, 2.24) is 0 Å². The van der Waals surface area contributed by atoms with Crippen LogP contribution in [0.1, 0.15) is 39.5 Å². The van der Waals surface area contributed by atoms with Gasteiger partial charge in [0.25, 0.3) is 0 Å². The van der Waals surface area contributed by atoms with Crippen LogP contribution in [-0.4, -0.2) is 32.0 Å². The lowest BCUT2D eigenvalue weighted by atomic mass is 10.00. The van der Waals surface area contributed by atoms with Crippen LogP contribution in [0, 0.1) is 5.92 Å². The maximum absolute atomic E-state index is 5.89. The van der Waals surface area contributed by atoms with E-state index >= 15 is 0 Å². The minimum atomic E-state index is 0.299. The molecule has 0 bridgehead atoms. The highest BCUT2D eigenvalue weighted by atomic mass is 16.5. The summed E-state index contributed by atoms with van der Waals surface area (Å²) in [6.45, 7) is 6.76. The number of hydrogen-bond donors (Lipinski definition) is 1. The van der Waals surface area contributed by atoms with Crippen molar-refractivity contribution in [2.45, 2.75) is 51.7 Å². The molecule has 0 aromatic heterocycles. The summed E-state index contributed by atoms with van der Waals surface area (Å²) in [6.07, 6.45) is 5.10. The highest BCUT2D eigenvalue weighted by Crippen LogP contribution is 2.28. The van der Waals surface area contributed by atoms with E-state index in [9.17, 15) is 0 Å². The molecule has 90 valence electrons. The molecule has 15 heavy (non-hydrogen) atoms. The summed E-state index contributed by atoms with van der Waals surface area (Å²) < 4.78 is 11.5. The fourth-order valence-corrected chi connectivity index (χ4v) is 2.09. The first kappa shape index (κ1) is 12.9. The molecule has 1 saturated heterocycles. The van der Waals surface area contributed by atoms with E-state index in [2.05, 4.69) is 13.8 Å². The molecule has 0 amide bonds. The third kappa shape index (κ3) is 4.49. The van der Waals surface area contributed by atoms with Crippen LogP contribution in [0.5, 0.6) is 0 Å². The molecule has 3 heteroatoms. The normalized spacial score (nSPS) is 31.0. The summed E-state index contributed by atoms with van der Waals surface area (Å²) in [5, 5.41) is 0. The van der Waals surface area contributed by atoms with Gasteiger partial charge >= 0.3 is 0 Å². The lowest BCUT2D eigenvalue weighted by Crippen LogP contribution is -2.20. The van der Waals surface area contributed by atoms with Crippen molar-refractivity contribution in [2.24, 2.45) is 11.7 Å². The smallest absolute Gasteiger partial charge is 0.0815 e. The van der Waals surface area contributed by atoms with Gasteiger partial charge in [-0.3, -0.25) is 0 Å². The predicted molar refractivity (Wildman–Crippen MR) is 61.8 cm³/mol. The zero-order chi connectivity index (χ0) is 11.1. The van der Waals surface area contributed by atoms with Crippen molar-refractivity contribution in [3.05, 3.63) is 0 Å². The third-order valence-electron chi connectivity index (χ3n) is 3.03. The molecule has 1 rings (SSSR count). The third-order valence-corrected chi connectivity index (χ3v) is 3.03. The number of rotatable bonds is 7. The van der Waals surface area contributed by atoms with Crippen LogP contribution in [0.3, 0.4) is 0 Å². The molecule has 3 nitrogen and oxygen atoms in total. The first-order chi connectivity index (χ1) is 7.27. The van der Waals surface area contributed by atoms with Crippen molar-refractivity contribution in [3.63, 3.8) is 0 Å². The molecular formula is C12H25NO2. The van der Waals surface area contributed by atoms with Crippen molar-refractivity contribution < 1.29 is 9.47 Å². The molecule has 0 spiro atoms. The molecule has 0 aromatic rings. The molecule has 3 atom stereocenters. The highest BCUT2D eigenvalue weighted by molar-refractivity contribution is 4.79. The van der Waals surface area contributed by atoms with E-state index in [1.54, 1.807) is 0 Å². The van der Waals surface area contributed by atoms with Crippen LogP contribution in [0.25, 0.3) is 0 Å². The number of hydrogen-bond acceptors (Lipinski definition) is 3. The average Bonchev–Trinajstić information content (AvgIpc) is 2.55. The van der Waals surface area contributed by atoms with Crippen LogP contribution in [-0.2, 0) is 9.47 Å². The summed E-state index contributed by atoms with van der Waals surface area (Å²) in [4.78, 5) is 0. The molecule has 0 aromatic carbocycles. The Balaban J connectivity index is 2.11. The Labute approximate surface area is 93.3 Å². The van der Waals surface area contributed by atoms with Gasteiger partial charge < -0.3 is 15.2 Å².